The Morgan fingerprint density at radius 1 is 1.27 bits per heavy atom. The Morgan fingerprint density at radius 3 is 2.59 bits per heavy atom. The van der Waals surface area contributed by atoms with Crippen molar-refractivity contribution < 1.29 is 19.0 Å². The summed E-state index contributed by atoms with van der Waals surface area (Å²) in [6, 6.07) is 3.93. The van der Waals surface area contributed by atoms with Gasteiger partial charge < -0.3 is 20.5 Å². The number of phenolic OH excluding ortho intramolecular Hbond substituents is 1. The van der Waals surface area contributed by atoms with E-state index in [1.165, 1.54) is 12.1 Å². The Bertz CT molecular complexity index is 504. The fourth-order valence-corrected chi connectivity index (χ4v) is 1.66. The molecule has 0 bridgehead atoms. The van der Waals surface area contributed by atoms with Crippen LogP contribution >= 0.6 is 0 Å². The van der Waals surface area contributed by atoms with Gasteiger partial charge in [0.1, 0.15) is 17.2 Å². The molecule has 3 N–H and O–H groups in total. The Balaban J connectivity index is 2.18. The molecular weight excluding hydrogens is 287 g/mol. The van der Waals surface area contributed by atoms with Crippen LogP contribution in [0.5, 0.6) is 5.75 Å². The number of aromatic hydroxyl groups is 1. The maximum atomic E-state index is 13.0. The van der Waals surface area contributed by atoms with E-state index in [4.69, 9.17) is 4.74 Å². The summed E-state index contributed by atoms with van der Waals surface area (Å²) in [4.78, 5) is 11.4. The van der Waals surface area contributed by atoms with Crippen LogP contribution < -0.4 is 10.6 Å². The molecule has 0 aliphatic carbocycles. The zero-order valence-electron chi connectivity index (χ0n) is 13.1. The molecule has 0 saturated carbocycles. The first-order valence-corrected chi connectivity index (χ1v) is 7.07. The van der Waals surface area contributed by atoms with E-state index in [0.29, 0.717) is 25.2 Å². The minimum absolute atomic E-state index is 0.0890. The highest BCUT2D eigenvalue weighted by Gasteiger charge is 2.14. The van der Waals surface area contributed by atoms with Crippen molar-refractivity contribution in [3.05, 3.63) is 41.7 Å². The van der Waals surface area contributed by atoms with Gasteiger partial charge in [-0.25, -0.2) is 9.18 Å². The van der Waals surface area contributed by atoms with Gasteiger partial charge in [-0.05, 0) is 38.5 Å². The molecule has 0 atom stereocenters. The lowest BCUT2D eigenvalue weighted by atomic mass is 10.2. The predicted octanol–water partition coefficient (Wildman–Crippen LogP) is 2.70. The normalized spacial score (nSPS) is 11.6. The Hall–Kier alpha value is -2.08. The third kappa shape index (κ3) is 8.26. The average molecular weight is 310 g/mol. The van der Waals surface area contributed by atoms with Gasteiger partial charge in [0.15, 0.2) is 0 Å². The number of halogens is 1. The zero-order chi connectivity index (χ0) is 16.6. The molecule has 22 heavy (non-hydrogen) atoms. The van der Waals surface area contributed by atoms with Crippen LogP contribution in [0.1, 0.15) is 26.3 Å². The standard InChI is InChI=1S/C16H23FN2O3/c1-16(2,3)22-15(21)19-7-5-4-6-18-11-12-8-13(17)10-14(20)9-12/h4-5,8-10,18,20H,6-7,11H2,1-3H3,(H,19,21)/b5-4+. The van der Waals surface area contributed by atoms with Crippen molar-refractivity contribution in [3.8, 4) is 5.75 Å². The van der Waals surface area contributed by atoms with Crippen molar-refractivity contribution in [1.82, 2.24) is 10.6 Å². The maximum Gasteiger partial charge on any atom is 0.407 e. The van der Waals surface area contributed by atoms with Crippen LogP contribution in [0, 0.1) is 5.82 Å². The Labute approximate surface area is 130 Å². The molecule has 0 radical (unpaired) electrons. The largest absolute Gasteiger partial charge is 0.508 e. The first kappa shape index (κ1) is 18.0. The van der Waals surface area contributed by atoms with Crippen LogP contribution in [0.15, 0.2) is 30.4 Å². The van der Waals surface area contributed by atoms with Gasteiger partial charge >= 0.3 is 6.09 Å². The fraction of sp³-hybridized carbons (Fsp3) is 0.438. The summed E-state index contributed by atoms with van der Waals surface area (Å²) < 4.78 is 18.1. The van der Waals surface area contributed by atoms with E-state index in [0.717, 1.165) is 6.07 Å². The van der Waals surface area contributed by atoms with E-state index in [1.807, 2.05) is 6.08 Å². The average Bonchev–Trinajstić information content (AvgIpc) is 2.34. The van der Waals surface area contributed by atoms with Gasteiger partial charge in [0.25, 0.3) is 0 Å². The van der Waals surface area contributed by atoms with Crippen molar-refractivity contribution in [1.29, 1.82) is 0 Å². The Morgan fingerprint density at radius 2 is 1.95 bits per heavy atom. The van der Waals surface area contributed by atoms with E-state index in [1.54, 1.807) is 26.8 Å². The molecule has 0 aliphatic rings. The molecule has 1 amide bonds. The lowest BCUT2D eigenvalue weighted by molar-refractivity contribution is 0.0534. The lowest BCUT2D eigenvalue weighted by Crippen LogP contribution is -2.32. The summed E-state index contributed by atoms with van der Waals surface area (Å²) in [5.41, 5.74) is 0.157. The van der Waals surface area contributed by atoms with Gasteiger partial charge in [0, 0.05) is 25.7 Å². The summed E-state index contributed by atoms with van der Waals surface area (Å²) in [5, 5.41) is 14.9. The van der Waals surface area contributed by atoms with E-state index in [9.17, 15) is 14.3 Å². The molecule has 122 valence electrons. The number of phenols is 1. The number of amides is 1. The molecule has 0 aliphatic heterocycles. The highest BCUT2D eigenvalue weighted by molar-refractivity contribution is 5.67. The van der Waals surface area contributed by atoms with Gasteiger partial charge in [-0.1, -0.05) is 12.2 Å². The molecule has 0 spiro atoms. The second kappa shape index (κ2) is 8.38. The minimum Gasteiger partial charge on any atom is -0.508 e. The molecule has 1 rings (SSSR count). The predicted molar refractivity (Wildman–Crippen MR) is 83.1 cm³/mol. The minimum atomic E-state index is -0.508. The first-order valence-electron chi connectivity index (χ1n) is 7.07. The topological polar surface area (TPSA) is 70.6 Å². The number of hydrogen-bond acceptors (Lipinski definition) is 4. The third-order valence-electron chi connectivity index (χ3n) is 2.46. The molecule has 0 fully saturated rings. The van der Waals surface area contributed by atoms with Crippen LogP contribution in [0.3, 0.4) is 0 Å². The van der Waals surface area contributed by atoms with Gasteiger partial charge in [-0.2, -0.15) is 0 Å². The number of carbonyl (C=O) groups is 1. The lowest BCUT2D eigenvalue weighted by Gasteiger charge is -2.19. The quantitative estimate of drug-likeness (QED) is 0.558. The summed E-state index contributed by atoms with van der Waals surface area (Å²) in [6.07, 6.45) is 3.18. The van der Waals surface area contributed by atoms with Crippen molar-refractivity contribution in [3.63, 3.8) is 0 Å². The number of ether oxygens (including phenoxy) is 1. The van der Waals surface area contributed by atoms with E-state index in [2.05, 4.69) is 10.6 Å². The zero-order valence-corrected chi connectivity index (χ0v) is 13.1. The maximum absolute atomic E-state index is 13.0. The van der Waals surface area contributed by atoms with Crippen molar-refractivity contribution in [2.24, 2.45) is 0 Å². The van der Waals surface area contributed by atoms with Gasteiger partial charge in [0.2, 0.25) is 0 Å². The molecular formula is C16H23FN2O3. The molecule has 0 unspecified atom stereocenters. The number of nitrogens with one attached hydrogen (secondary N) is 2. The van der Waals surface area contributed by atoms with Crippen LogP contribution in [0.4, 0.5) is 9.18 Å². The second-order valence-corrected chi connectivity index (χ2v) is 5.80. The van der Waals surface area contributed by atoms with Gasteiger partial charge in [0.05, 0.1) is 0 Å². The first-order chi connectivity index (χ1) is 10.3. The van der Waals surface area contributed by atoms with E-state index >= 15 is 0 Å². The van der Waals surface area contributed by atoms with Crippen LogP contribution in [-0.4, -0.2) is 29.9 Å². The number of carbonyl (C=O) groups excluding carboxylic acids is 1. The number of hydrogen-bond donors (Lipinski definition) is 3. The number of alkyl carbamates (subject to hydrolysis) is 1. The van der Waals surface area contributed by atoms with Crippen molar-refractivity contribution in [2.75, 3.05) is 13.1 Å². The molecule has 5 nitrogen and oxygen atoms in total. The highest BCUT2D eigenvalue weighted by atomic mass is 19.1. The van der Waals surface area contributed by atoms with Gasteiger partial charge in [-0.15, -0.1) is 0 Å². The van der Waals surface area contributed by atoms with Crippen molar-refractivity contribution in [2.45, 2.75) is 32.9 Å². The third-order valence-corrected chi connectivity index (χ3v) is 2.46. The second-order valence-electron chi connectivity index (χ2n) is 5.80. The molecule has 6 heteroatoms. The summed E-state index contributed by atoms with van der Waals surface area (Å²) in [5.74, 6) is -0.553. The summed E-state index contributed by atoms with van der Waals surface area (Å²) >= 11 is 0. The summed E-state index contributed by atoms with van der Waals surface area (Å²) in [7, 11) is 0. The monoisotopic (exact) mass is 310 g/mol. The summed E-state index contributed by atoms with van der Waals surface area (Å²) in [6.45, 7) is 6.78. The molecule has 0 heterocycles. The van der Waals surface area contributed by atoms with Gasteiger partial charge in [-0.3, -0.25) is 0 Å². The van der Waals surface area contributed by atoms with E-state index in [-0.39, 0.29) is 5.75 Å². The highest BCUT2D eigenvalue weighted by Crippen LogP contribution is 2.14. The fourth-order valence-electron chi connectivity index (χ4n) is 1.66. The molecule has 0 aromatic heterocycles. The van der Waals surface area contributed by atoms with Crippen LogP contribution in [0.2, 0.25) is 0 Å². The Kier molecular flexibility index (Phi) is 6.85. The molecule has 1 aromatic rings. The molecule has 1 aromatic carbocycles. The number of benzene rings is 1. The molecule has 0 saturated heterocycles. The van der Waals surface area contributed by atoms with Crippen LogP contribution in [0.25, 0.3) is 0 Å². The van der Waals surface area contributed by atoms with E-state index < -0.39 is 17.5 Å². The SMILES string of the molecule is CC(C)(C)OC(=O)NC/C=C/CNCc1cc(O)cc(F)c1. The van der Waals surface area contributed by atoms with Crippen molar-refractivity contribution >= 4 is 6.09 Å². The number of rotatable bonds is 6. The van der Waals surface area contributed by atoms with Crippen LogP contribution in [-0.2, 0) is 11.3 Å². The smallest absolute Gasteiger partial charge is 0.407 e.